The highest BCUT2D eigenvalue weighted by Gasteiger charge is 2.14. The summed E-state index contributed by atoms with van der Waals surface area (Å²) in [7, 11) is -1.79. The highest BCUT2D eigenvalue weighted by Crippen LogP contribution is 2.19. The zero-order valence-electron chi connectivity index (χ0n) is 9.93. The predicted octanol–water partition coefficient (Wildman–Crippen LogP) is 0.998. The molecule has 0 aliphatic carbocycles. The molecule has 17 heavy (non-hydrogen) atoms. The van der Waals surface area contributed by atoms with Gasteiger partial charge in [0, 0.05) is 18.5 Å². The highest BCUT2D eigenvalue weighted by molar-refractivity contribution is 7.91. The van der Waals surface area contributed by atoms with Crippen molar-refractivity contribution in [1.82, 2.24) is 4.72 Å². The fraction of sp³-hybridized carbons (Fsp3) is 0.600. The van der Waals surface area contributed by atoms with Crippen molar-refractivity contribution < 1.29 is 17.9 Å². The van der Waals surface area contributed by atoms with Gasteiger partial charge in [0.05, 0.1) is 19.8 Å². The quantitative estimate of drug-likeness (QED) is 0.721. The van der Waals surface area contributed by atoms with Crippen molar-refractivity contribution in [3.63, 3.8) is 0 Å². The van der Waals surface area contributed by atoms with Crippen LogP contribution in [0, 0.1) is 6.92 Å². The van der Waals surface area contributed by atoms with Crippen molar-refractivity contribution in [2.24, 2.45) is 0 Å². The van der Waals surface area contributed by atoms with Gasteiger partial charge in [0.1, 0.15) is 4.21 Å². The van der Waals surface area contributed by atoms with Gasteiger partial charge in [-0.05, 0) is 19.1 Å². The SMILES string of the molecule is COCCOCCNS(=O)(=O)c1ccc(C)s1. The summed E-state index contributed by atoms with van der Waals surface area (Å²) >= 11 is 1.26. The Bertz CT molecular complexity index is 427. The summed E-state index contributed by atoms with van der Waals surface area (Å²) in [5, 5.41) is 0. The highest BCUT2D eigenvalue weighted by atomic mass is 32.2. The van der Waals surface area contributed by atoms with Gasteiger partial charge in [-0.15, -0.1) is 11.3 Å². The van der Waals surface area contributed by atoms with Crippen molar-refractivity contribution in [1.29, 1.82) is 0 Å². The third-order valence-corrected chi connectivity index (χ3v) is 4.90. The van der Waals surface area contributed by atoms with Gasteiger partial charge < -0.3 is 9.47 Å². The second kappa shape index (κ2) is 7.07. The molecule has 0 saturated heterocycles. The lowest BCUT2D eigenvalue weighted by Crippen LogP contribution is -2.27. The molecule has 0 atom stereocenters. The van der Waals surface area contributed by atoms with E-state index in [0.717, 1.165) is 4.88 Å². The molecule has 98 valence electrons. The van der Waals surface area contributed by atoms with Crippen LogP contribution in [0.1, 0.15) is 4.88 Å². The van der Waals surface area contributed by atoms with E-state index in [-0.39, 0.29) is 6.54 Å². The summed E-state index contributed by atoms with van der Waals surface area (Å²) in [6, 6.07) is 3.39. The molecule has 1 rings (SSSR count). The van der Waals surface area contributed by atoms with Crippen LogP contribution in [0.25, 0.3) is 0 Å². The zero-order chi connectivity index (χ0) is 12.7. The minimum absolute atomic E-state index is 0.267. The van der Waals surface area contributed by atoms with E-state index in [1.807, 2.05) is 6.92 Å². The Morgan fingerprint density at radius 3 is 2.65 bits per heavy atom. The summed E-state index contributed by atoms with van der Waals surface area (Å²) in [5.41, 5.74) is 0. The van der Waals surface area contributed by atoms with Crippen molar-refractivity contribution in [2.45, 2.75) is 11.1 Å². The Morgan fingerprint density at radius 2 is 2.06 bits per heavy atom. The van der Waals surface area contributed by atoms with Crippen LogP contribution in [0.5, 0.6) is 0 Å². The van der Waals surface area contributed by atoms with Crippen LogP contribution in [0.15, 0.2) is 16.3 Å². The Hall–Kier alpha value is -0.470. The molecule has 0 saturated carbocycles. The molecule has 1 heterocycles. The smallest absolute Gasteiger partial charge is 0.250 e. The monoisotopic (exact) mass is 279 g/mol. The maximum Gasteiger partial charge on any atom is 0.250 e. The second-order valence-electron chi connectivity index (χ2n) is 3.37. The average Bonchev–Trinajstić information content (AvgIpc) is 2.71. The summed E-state index contributed by atoms with van der Waals surface area (Å²) < 4.78 is 36.3. The Labute approximate surface area is 106 Å². The standard InChI is InChI=1S/C10H17NO4S2/c1-9-3-4-10(16-9)17(12,13)11-5-6-15-8-7-14-2/h3-4,11H,5-8H2,1-2H3. The minimum Gasteiger partial charge on any atom is -0.382 e. The van der Waals surface area contributed by atoms with Crippen LogP contribution >= 0.6 is 11.3 Å². The molecule has 0 aliphatic heterocycles. The van der Waals surface area contributed by atoms with Gasteiger partial charge >= 0.3 is 0 Å². The van der Waals surface area contributed by atoms with E-state index in [4.69, 9.17) is 9.47 Å². The topological polar surface area (TPSA) is 64.6 Å². The number of hydrogen-bond donors (Lipinski definition) is 1. The van der Waals surface area contributed by atoms with Crippen molar-refractivity contribution in [3.8, 4) is 0 Å². The molecule has 1 N–H and O–H groups in total. The fourth-order valence-corrected chi connectivity index (χ4v) is 3.46. The first kappa shape index (κ1) is 14.6. The number of sulfonamides is 1. The maximum absolute atomic E-state index is 11.8. The van der Waals surface area contributed by atoms with Gasteiger partial charge in [-0.1, -0.05) is 0 Å². The van der Waals surface area contributed by atoms with Crippen molar-refractivity contribution >= 4 is 21.4 Å². The van der Waals surface area contributed by atoms with Gasteiger partial charge in [0.25, 0.3) is 0 Å². The number of aryl methyl sites for hydroxylation is 1. The summed E-state index contributed by atoms with van der Waals surface area (Å²) in [4.78, 5) is 0.974. The maximum atomic E-state index is 11.8. The minimum atomic E-state index is -3.37. The first-order valence-corrected chi connectivity index (χ1v) is 7.49. The number of hydrogen-bond acceptors (Lipinski definition) is 5. The van der Waals surface area contributed by atoms with Crippen LogP contribution < -0.4 is 4.72 Å². The van der Waals surface area contributed by atoms with Crippen LogP contribution in [0.2, 0.25) is 0 Å². The number of rotatable bonds is 8. The van der Waals surface area contributed by atoms with Gasteiger partial charge in [-0.25, -0.2) is 13.1 Å². The van der Waals surface area contributed by atoms with Crippen LogP contribution in [-0.2, 0) is 19.5 Å². The molecule has 0 fully saturated rings. The van der Waals surface area contributed by atoms with Crippen LogP contribution in [0.3, 0.4) is 0 Å². The van der Waals surface area contributed by atoms with E-state index in [0.29, 0.717) is 24.0 Å². The molecule has 0 spiro atoms. The van der Waals surface area contributed by atoms with E-state index in [9.17, 15) is 8.42 Å². The molecule has 0 unspecified atom stereocenters. The van der Waals surface area contributed by atoms with Gasteiger partial charge in [-0.3, -0.25) is 0 Å². The molecule has 1 aromatic heterocycles. The first-order valence-electron chi connectivity index (χ1n) is 5.19. The molecule has 0 amide bonds. The third kappa shape index (κ3) is 5.13. The number of thiophene rings is 1. The van der Waals surface area contributed by atoms with Gasteiger partial charge in [-0.2, -0.15) is 0 Å². The lowest BCUT2D eigenvalue weighted by Gasteiger charge is -2.05. The Balaban J connectivity index is 2.31. The van der Waals surface area contributed by atoms with Gasteiger partial charge in [0.2, 0.25) is 10.0 Å². The first-order chi connectivity index (χ1) is 8.06. The Kier molecular flexibility index (Phi) is 6.07. The van der Waals surface area contributed by atoms with E-state index >= 15 is 0 Å². The molecule has 0 bridgehead atoms. The van der Waals surface area contributed by atoms with E-state index in [1.165, 1.54) is 11.3 Å². The van der Waals surface area contributed by atoms with E-state index in [2.05, 4.69) is 4.72 Å². The molecule has 1 aromatic rings. The van der Waals surface area contributed by atoms with Crippen molar-refractivity contribution in [2.75, 3.05) is 33.5 Å². The van der Waals surface area contributed by atoms with E-state index < -0.39 is 10.0 Å². The fourth-order valence-electron chi connectivity index (χ4n) is 1.12. The van der Waals surface area contributed by atoms with Crippen LogP contribution in [-0.4, -0.2) is 41.9 Å². The molecule has 7 heteroatoms. The zero-order valence-corrected chi connectivity index (χ0v) is 11.6. The molecular weight excluding hydrogens is 262 g/mol. The number of ether oxygens (including phenoxy) is 2. The molecular formula is C10H17NO4S2. The normalized spacial score (nSPS) is 11.9. The Morgan fingerprint density at radius 1 is 1.29 bits per heavy atom. The predicted molar refractivity (Wildman–Crippen MR) is 66.9 cm³/mol. The largest absolute Gasteiger partial charge is 0.382 e. The lowest BCUT2D eigenvalue weighted by atomic mass is 10.5. The molecule has 5 nitrogen and oxygen atoms in total. The van der Waals surface area contributed by atoms with Crippen molar-refractivity contribution in [3.05, 3.63) is 17.0 Å². The number of nitrogens with one attached hydrogen (secondary N) is 1. The summed E-state index contributed by atoms with van der Waals surface area (Å²) in [5.74, 6) is 0. The second-order valence-corrected chi connectivity index (χ2v) is 6.65. The molecule has 0 radical (unpaired) electrons. The molecule has 0 aliphatic rings. The lowest BCUT2D eigenvalue weighted by molar-refractivity contribution is 0.0736. The third-order valence-electron chi connectivity index (χ3n) is 1.95. The summed E-state index contributed by atoms with van der Waals surface area (Å²) in [6.45, 7) is 3.46. The van der Waals surface area contributed by atoms with Gasteiger partial charge in [0.15, 0.2) is 0 Å². The number of methoxy groups -OCH3 is 1. The van der Waals surface area contributed by atoms with E-state index in [1.54, 1.807) is 19.2 Å². The average molecular weight is 279 g/mol. The summed E-state index contributed by atoms with van der Waals surface area (Å²) in [6.07, 6.45) is 0. The van der Waals surface area contributed by atoms with Crippen LogP contribution in [0.4, 0.5) is 0 Å². The molecule has 0 aromatic carbocycles.